The number of ether oxygens (including phenoxy) is 3. The van der Waals surface area contributed by atoms with Gasteiger partial charge in [-0.25, -0.2) is 0 Å². The number of fused-ring (bicyclic) bond motifs is 1. The van der Waals surface area contributed by atoms with Gasteiger partial charge >= 0.3 is 0 Å². The topological polar surface area (TPSA) is 60.5 Å². The van der Waals surface area contributed by atoms with Crippen LogP contribution in [0.5, 0.6) is 17.2 Å². The van der Waals surface area contributed by atoms with E-state index in [0.717, 1.165) is 5.39 Å². The fourth-order valence-electron chi connectivity index (χ4n) is 2.05. The van der Waals surface area contributed by atoms with Crippen LogP contribution in [-0.4, -0.2) is 24.8 Å². The Morgan fingerprint density at radius 3 is 2.60 bits per heavy atom. The third-order valence-corrected chi connectivity index (χ3v) is 2.76. The summed E-state index contributed by atoms with van der Waals surface area (Å²) in [5.41, 5.74) is 0.350. The lowest BCUT2D eigenvalue weighted by Gasteiger charge is -2.14. The fraction of sp³-hybridized carbons (Fsp3) is 0.400. The predicted molar refractivity (Wildman–Crippen MR) is 78.1 cm³/mol. The van der Waals surface area contributed by atoms with Crippen LogP contribution in [0.25, 0.3) is 10.9 Å². The predicted octanol–water partition coefficient (Wildman–Crippen LogP) is 2.72. The number of methoxy groups -OCH3 is 1. The second kappa shape index (κ2) is 5.86. The Hall–Kier alpha value is -2.17. The molecule has 0 aliphatic rings. The minimum atomic E-state index is -0.315. The molecule has 0 aliphatic heterocycles. The number of hydrogen-bond donors (Lipinski definition) is 1. The van der Waals surface area contributed by atoms with E-state index in [4.69, 9.17) is 14.2 Å². The number of hydrogen-bond acceptors (Lipinski definition) is 4. The number of H-pyrrole nitrogens is 1. The quantitative estimate of drug-likeness (QED) is 0.912. The molecular formula is C15H19NO4. The standard InChI is InChI=1S/C15H19NO4/c1-5-19-13-11-7-6-10(20-9(2)3)8-12(11)16-15(17)14(13)18-4/h6-9H,5H2,1-4H3,(H,16,17). The van der Waals surface area contributed by atoms with Crippen LogP contribution in [0.4, 0.5) is 0 Å². The van der Waals surface area contributed by atoms with E-state index < -0.39 is 0 Å². The lowest BCUT2D eigenvalue weighted by molar-refractivity contribution is 0.242. The molecule has 0 amide bonds. The molecule has 5 nitrogen and oxygen atoms in total. The van der Waals surface area contributed by atoms with Gasteiger partial charge in [0.1, 0.15) is 5.75 Å². The summed E-state index contributed by atoms with van der Waals surface area (Å²) in [5, 5.41) is 0.791. The molecule has 1 heterocycles. The Balaban J connectivity index is 2.63. The van der Waals surface area contributed by atoms with Crippen molar-refractivity contribution in [3.05, 3.63) is 28.6 Å². The minimum Gasteiger partial charge on any atom is -0.491 e. The first-order chi connectivity index (χ1) is 9.56. The van der Waals surface area contributed by atoms with E-state index in [-0.39, 0.29) is 17.4 Å². The van der Waals surface area contributed by atoms with Gasteiger partial charge in [-0.3, -0.25) is 4.79 Å². The van der Waals surface area contributed by atoms with Crippen molar-refractivity contribution in [2.75, 3.05) is 13.7 Å². The first kappa shape index (κ1) is 14.2. The molecular weight excluding hydrogens is 258 g/mol. The molecule has 0 bridgehead atoms. The smallest absolute Gasteiger partial charge is 0.294 e. The van der Waals surface area contributed by atoms with Crippen LogP contribution in [0.1, 0.15) is 20.8 Å². The monoisotopic (exact) mass is 277 g/mol. The minimum absolute atomic E-state index is 0.0729. The summed E-state index contributed by atoms with van der Waals surface area (Å²) in [6.07, 6.45) is 0.0729. The van der Waals surface area contributed by atoms with Crippen molar-refractivity contribution in [3.8, 4) is 17.2 Å². The highest BCUT2D eigenvalue weighted by Gasteiger charge is 2.15. The lowest BCUT2D eigenvalue weighted by Crippen LogP contribution is -2.12. The van der Waals surface area contributed by atoms with E-state index in [1.54, 1.807) is 6.07 Å². The average molecular weight is 277 g/mol. The summed E-state index contributed by atoms with van der Waals surface area (Å²) in [5.74, 6) is 1.36. The Morgan fingerprint density at radius 2 is 2.00 bits per heavy atom. The molecule has 1 N–H and O–H groups in total. The zero-order valence-electron chi connectivity index (χ0n) is 12.1. The first-order valence-corrected chi connectivity index (χ1v) is 6.60. The van der Waals surface area contributed by atoms with Crippen molar-refractivity contribution in [1.82, 2.24) is 4.98 Å². The van der Waals surface area contributed by atoms with Crippen molar-refractivity contribution in [2.24, 2.45) is 0 Å². The molecule has 1 aromatic carbocycles. The van der Waals surface area contributed by atoms with Crippen LogP contribution in [0.2, 0.25) is 0 Å². The summed E-state index contributed by atoms with van der Waals surface area (Å²) >= 11 is 0. The Morgan fingerprint density at radius 1 is 1.25 bits per heavy atom. The number of aromatic nitrogens is 1. The lowest BCUT2D eigenvalue weighted by atomic mass is 10.2. The number of nitrogens with one attached hydrogen (secondary N) is 1. The second-order valence-electron chi connectivity index (χ2n) is 4.62. The molecule has 0 radical (unpaired) electrons. The van der Waals surface area contributed by atoms with Crippen LogP contribution < -0.4 is 19.8 Å². The molecule has 0 saturated heterocycles. The maximum atomic E-state index is 12.0. The van der Waals surface area contributed by atoms with Gasteiger partial charge in [0.15, 0.2) is 5.75 Å². The van der Waals surface area contributed by atoms with Crippen LogP contribution >= 0.6 is 0 Å². The van der Waals surface area contributed by atoms with E-state index >= 15 is 0 Å². The van der Waals surface area contributed by atoms with Gasteiger partial charge in [0.2, 0.25) is 5.75 Å². The van der Waals surface area contributed by atoms with Crippen molar-refractivity contribution in [1.29, 1.82) is 0 Å². The van der Waals surface area contributed by atoms with Gasteiger partial charge in [-0.15, -0.1) is 0 Å². The fourth-order valence-corrected chi connectivity index (χ4v) is 2.05. The van der Waals surface area contributed by atoms with Gasteiger partial charge in [0, 0.05) is 11.5 Å². The van der Waals surface area contributed by atoms with Crippen LogP contribution in [0.3, 0.4) is 0 Å². The van der Waals surface area contributed by atoms with Crippen LogP contribution in [0.15, 0.2) is 23.0 Å². The number of rotatable bonds is 5. The molecule has 2 aromatic rings. The summed E-state index contributed by atoms with van der Waals surface area (Å²) in [6, 6.07) is 5.50. The molecule has 2 rings (SSSR count). The summed E-state index contributed by atoms with van der Waals surface area (Å²) in [6.45, 7) is 6.22. The first-order valence-electron chi connectivity index (χ1n) is 6.60. The van der Waals surface area contributed by atoms with Gasteiger partial charge in [-0.1, -0.05) is 0 Å². The van der Waals surface area contributed by atoms with E-state index in [0.29, 0.717) is 23.6 Å². The van der Waals surface area contributed by atoms with Gasteiger partial charge in [-0.2, -0.15) is 0 Å². The highest BCUT2D eigenvalue weighted by molar-refractivity contribution is 5.88. The zero-order chi connectivity index (χ0) is 14.7. The molecule has 0 atom stereocenters. The van der Waals surface area contributed by atoms with E-state index in [1.807, 2.05) is 32.9 Å². The highest BCUT2D eigenvalue weighted by atomic mass is 16.5. The van der Waals surface area contributed by atoms with Gasteiger partial charge in [-0.05, 0) is 32.9 Å². The average Bonchev–Trinajstić information content (AvgIpc) is 2.38. The maximum absolute atomic E-state index is 12.0. The third kappa shape index (κ3) is 2.71. The number of pyridine rings is 1. The molecule has 0 fully saturated rings. The normalized spacial score (nSPS) is 10.8. The van der Waals surface area contributed by atoms with Crippen molar-refractivity contribution >= 4 is 10.9 Å². The summed E-state index contributed by atoms with van der Waals surface area (Å²) in [4.78, 5) is 14.8. The van der Waals surface area contributed by atoms with E-state index in [9.17, 15) is 4.79 Å². The highest BCUT2D eigenvalue weighted by Crippen LogP contribution is 2.33. The number of aromatic amines is 1. The van der Waals surface area contributed by atoms with Gasteiger partial charge in [0.25, 0.3) is 5.56 Å². The number of benzene rings is 1. The summed E-state index contributed by atoms with van der Waals surface area (Å²) in [7, 11) is 1.45. The Bertz CT molecular complexity index is 661. The van der Waals surface area contributed by atoms with Gasteiger partial charge < -0.3 is 19.2 Å². The molecule has 108 valence electrons. The summed E-state index contributed by atoms with van der Waals surface area (Å²) < 4.78 is 16.3. The largest absolute Gasteiger partial charge is 0.491 e. The van der Waals surface area contributed by atoms with Crippen molar-refractivity contribution in [2.45, 2.75) is 26.9 Å². The maximum Gasteiger partial charge on any atom is 0.294 e. The Labute approximate surface area is 117 Å². The molecule has 0 saturated carbocycles. The molecule has 0 aliphatic carbocycles. The molecule has 20 heavy (non-hydrogen) atoms. The Kier molecular flexibility index (Phi) is 4.17. The van der Waals surface area contributed by atoms with Crippen molar-refractivity contribution in [3.63, 3.8) is 0 Å². The SMILES string of the molecule is CCOc1c(OC)c(=O)[nH]c2cc(OC(C)C)ccc12. The second-order valence-corrected chi connectivity index (χ2v) is 4.62. The molecule has 0 spiro atoms. The van der Waals surface area contributed by atoms with E-state index in [1.165, 1.54) is 7.11 Å². The molecule has 1 aromatic heterocycles. The van der Waals surface area contributed by atoms with Crippen LogP contribution in [-0.2, 0) is 0 Å². The van der Waals surface area contributed by atoms with Crippen LogP contribution in [0, 0.1) is 0 Å². The third-order valence-electron chi connectivity index (χ3n) is 2.76. The van der Waals surface area contributed by atoms with E-state index in [2.05, 4.69) is 4.98 Å². The van der Waals surface area contributed by atoms with Crippen molar-refractivity contribution < 1.29 is 14.2 Å². The van der Waals surface area contributed by atoms with Gasteiger partial charge in [0.05, 0.1) is 25.3 Å². The zero-order valence-corrected chi connectivity index (χ0v) is 12.1. The molecule has 0 unspecified atom stereocenters. The molecule has 5 heteroatoms.